The topological polar surface area (TPSA) is 73.8 Å². The highest BCUT2D eigenvalue weighted by Crippen LogP contribution is 2.41. The summed E-state index contributed by atoms with van der Waals surface area (Å²) in [5.74, 6) is -0.0157. The van der Waals surface area contributed by atoms with Crippen molar-refractivity contribution < 1.29 is 0 Å². The number of rotatable bonds is 2. The van der Waals surface area contributed by atoms with Gasteiger partial charge in [0.15, 0.2) is 0 Å². The minimum atomic E-state index is -0.349. The second kappa shape index (κ2) is 6.85. The summed E-state index contributed by atoms with van der Waals surface area (Å²) >= 11 is 7.88. The van der Waals surface area contributed by atoms with Crippen LogP contribution in [-0.2, 0) is 14.1 Å². The highest BCUT2D eigenvalue weighted by molar-refractivity contribution is 7.09. The van der Waals surface area contributed by atoms with Crippen LogP contribution >= 0.6 is 22.9 Å². The molecule has 0 aliphatic carbocycles. The summed E-state index contributed by atoms with van der Waals surface area (Å²) in [6.07, 6.45) is 0.824. The quantitative estimate of drug-likeness (QED) is 0.518. The van der Waals surface area contributed by atoms with E-state index in [0.717, 1.165) is 45.2 Å². The first-order chi connectivity index (χ1) is 14.4. The van der Waals surface area contributed by atoms with E-state index in [1.54, 1.807) is 29.0 Å². The van der Waals surface area contributed by atoms with Gasteiger partial charge in [-0.2, -0.15) is 0 Å². The second-order valence-electron chi connectivity index (χ2n) is 7.59. The average Bonchev–Trinajstić information content (AvgIpc) is 3.32. The third-order valence-electron chi connectivity index (χ3n) is 5.67. The number of benzene rings is 1. The summed E-state index contributed by atoms with van der Waals surface area (Å²) in [4.78, 5) is 30.8. The molecule has 0 saturated heterocycles. The molecular formula is C21H20ClN5O2S. The number of thiazole rings is 1. The molecule has 1 aliphatic rings. The highest BCUT2D eigenvalue weighted by atomic mass is 35.5. The number of nitrogens with zero attached hydrogens (tertiary/aromatic N) is 4. The van der Waals surface area contributed by atoms with E-state index in [-0.39, 0.29) is 17.2 Å². The maximum absolute atomic E-state index is 13.3. The van der Waals surface area contributed by atoms with Gasteiger partial charge in [-0.05, 0) is 25.5 Å². The number of halogens is 1. The molecule has 1 N–H and O–H groups in total. The van der Waals surface area contributed by atoms with Crippen molar-refractivity contribution in [2.24, 2.45) is 14.1 Å². The third-order valence-corrected chi connectivity index (χ3v) is 6.99. The normalized spacial score (nSPS) is 15.9. The molecule has 154 valence electrons. The Balaban J connectivity index is 1.97. The lowest BCUT2D eigenvalue weighted by atomic mass is 9.99. The molecule has 0 fully saturated rings. The molecule has 0 spiro atoms. The van der Waals surface area contributed by atoms with Crippen LogP contribution < -0.4 is 16.7 Å². The summed E-state index contributed by atoms with van der Waals surface area (Å²) in [6.45, 7) is 2.69. The fraction of sp³-hybridized carbons (Fsp3) is 0.286. The van der Waals surface area contributed by atoms with E-state index in [1.165, 1.54) is 7.05 Å². The summed E-state index contributed by atoms with van der Waals surface area (Å²) in [5, 5.41) is 4.11. The van der Waals surface area contributed by atoms with Crippen LogP contribution in [-0.4, -0.2) is 25.3 Å². The molecule has 0 radical (unpaired) electrons. The van der Waals surface area contributed by atoms with Gasteiger partial charge >= 0.3 is 5.69 Å². The first kappa shape index (κ1) is 19.1. The van der Waals surface area contributed by atoms with Crippen molar-refractivity contribution in [2.75, 3.05) is 12.0 Å². The van der Waals surface area contributed by atoms with Gasteiger partial charge in [-0.1, -0.05) is 23.7 Å². The van der Waals surface area contributed by atoms with Crippen LogP contribution in [0.3, 0.4) is 0 Å². The SMILES string of the molecule is Cc1csc(C2CCNn3c(-c4cccc(Cl)c4)c4c(=O)n(C)c(=O)n(C)c4c32)n1. The van der Waals surface area contributed by atoms with Gasteiger partial charge in [0, 0.05) is 42.3 Å². The summed E-state index contributed by atoms with van der Waals surface area (Å²) < 4.78 is 4.68. The van der Waals surface area contributed by atoms with E-state index < -0.39 is 0 Å². The van der Waals surface area contributed by atoms with Crippen LogP contribution in [0, 0.1) is 6.92 Å². The van der Waals surface area contributed by atoms with Crippen LogP contribution in [0.4, 0.5) is 0 Å². The van der Waals surface area contributed by atoms with Crippen molar-refractivity contribution >= 4 is 33.8 Å². The second-order valence-corrected chi connectivity index (χ2v) is 8.91. The number of aryl methyl sites for hydroxylation is 2. The molecule has 0 bridgehead atoms. The molecule has 3 aromatic heterocycles. The molecule has 7 nitrogen and oxygen atoms in total. The molecule has 0 amide bonds. The van der Waals surface area contributed by atoms with Crippen LogP contribution in [0.1, 0.15) is 28.7 Å². The van der Waals surface area contributed by atoms with E-state index in [4.69, 9.17) is 16.6 Å². The molecule has 4 heterocycles. The largest absolute Gasteiger partial charge is 0.331 e. The van der Waals surface area contributed by atoms with E-state index in [0.29, 0.717) is 15.9 Å². The molecule has 1 unspecified atom stereocenters. The Morgan fingerprint density at radius 2 is 2.03 bits per heavy atom. The molecule has 1 aromatic carbocycles. The predicted molar refractivity (Wildman–Crippen MR) is 120 cm³/mol. The van der Waals surface area contributed by atoms with Gasteiger partial charge in [0.1, 0.15) is 5.01 Å². The van der Waals surface area contributed by atoms with Crippen molar-refractivity contribution in [3.05, 3.63) is 71.9 Å². The monoisotopic (exact) mass is 441 g/mol. The number of aromatic nitrogens is 4. The van der Waals surface area contributed by atoms with Crippen LogP contribution in [0.2, 0.25) is 5.02 Å². The van der Waals surface area contributed by atoms with Gasteiger partial charge < -0.3 is 5.43 Å². The Morgan fingerprint density at radius 3 is 2.73 bits per heavy atom. The van der Waals surface area contributed by atoms with Gasteiger partial charge in [0.05, 0.1) is 28.2 Å². The zero-order chi connectivity index (χ0) is 21.2. The lowest BCUT2D eigenvalue weighted by Gasteiger charge is -2.27. The van der Waals surface area contributed by atoms with Gasteiger partial charge in [0.25, 0.3) is 5.56 Å². The molecule has 9 heteroatoms. The lowest BCUT2D eigenvalue weighted by Crippen LogP contribution is -2.37. The van der Waals surface area contributed by atoms with Crippen LogP contribution in [0.15, 0.2) is 39.2 Å². The van der Waals surface area contributed by atoms with Crippen molar-refractivity contribution in [1.82, 2.24) is 18.8 Å². The fourth-order valence-electron chi connectivity index (χ4n) is 4.32. The number of hydrogen-bond donors (Lipinski definition) is 1. The molecule has 1 aliphatic heterocycles. The van der Waals surface area contributed by atoms with Gasteiger partial charge in [-0.15, -0.1) is 11.3 Å². The van der Waals surface area contributed by atoms with E-state index >= 15 is 0 Å². The van der Waals surface area contributed by atoms with Crippen LogP contribution in [0.25, 0.3) is 22.2 Å². The van der Waals surface area contributed by atoms with E-state index in [9.17, 15) is 9.59 Å². The first-order valence-electron chi connectivity index (χ1n) is 9.64. The Bertz CT molecular complexity index is 1430. The third kappa shape index (κ3) is 2.67. The number of hydrogen-bond acceptors (Lipinski definition) is 5. The van der Waals surface area contributed by atoms with Gasteiger partial charge in [-0.3, -0.25) is 18.6 Å². The summed E-state index contributed by atoms with van der Waals surface area (Å²) in [6, 6.07) is 7.43. The summed E-state index contributed by atoms with van der Waals surface area (Å²) in [5.41, 5.74) is 6.79. The smallest absolute Gasteiger partial charge is 0.325 e. The number of fused-ring (bicyclic) bond motifs is 3. The van der Waals surface area contributed by atoms with Crippen molar-refractivity contribution in [3.8, 4) is 11.3 Å². The average molecular weight is 442 g/mol. The maximum Gasteiger partial charge on any atom is 0.331 e. The minimum Gasteiger partial charge on any atom is -0.325 e. The van der Waals surface area contributed by atoms with Crippen molar-refractivity contribution in [2.45, 2.75) is 19.3 Å². The minimum absolute atomic E-state index is 0.0157. The zero-order valence-corrected chi connectivity index (χ0v) is 18.3. The summed E-state index contributed by atoms with van der Waals surface area (Å²) in [7, 11) is 3.23. The van der Waals surface area contributed by atoms with E-state index in [1.807, 2.05) is 35.2 Å². The molecule has 5 rings (SSSR count). The first-order valence-corrected chi connectivity index (χ1v) is 10.9. The molecule has 1 atom stereocenters. The standard InChI is InChI=1S/C21H20ClN5O2S/c1-11-10-30-19(24-11)14-7-8-23-27-16(12-5-4-6-13(22)9-12)15-18(17(14)27)25(2)21(29)26(3)20(15)28/h4-6,9-10,14,23H,7-8H2,1-3H3. The van der Waals surface area contributed by atoms with E-state index in [2.05, 4.69) is 5.43 Å². The zero-order valence-electron chi connectivity index (χ0n) is 16.8. The van der Waals surface area contributed by atoms with Gasteiger partial charge in [0.2, 0.25) is 0 Å². The Morgan fingerprint density at radius 1 is 1.23 bits per heavy atom. The molecule has 0 saturated carbocycles. The predicted octanol–water partition coefficient (Wildman–Crippen LogP) is 3.20. The Kier molecular flexibility index (Phi) is 4.37. The Labute approximate surface area is 181 Å². The Hall–Kier alpha value is -2.84. The fourth-order valence-corrected chi connectivity index (χ4v) is 5.44. The number of nitrogens with one attached hydrogen (secondary N) is 1. The van der Waals surface area contributed by atoms with Gasteiger partial charge in [-0.25, -0.2) is 9.78 Å². The maximum atomic E-state index is 13.3. The van der Waals surface area contributed by atoms with Crippen molar-refractivity contribution in [1.29, 1.82) is 0 Å². The lowest BCUT2D eigenvalue weighted by molar-refractivity contribution is 0.600. The molecule has 4 aromatic rings. The highest BCUT2D eigenvalue weighted by Gasteiger charge is 2.33. The van der Waals surface area contributed by atoms with Crippen molar-refractivity contribution in [3.63, 3.8) is 0 Å². The molecular weight excluding hydrogens is 422 g/mol. The van der Waals surface area contributed by atoms with Crippen LogP contribution in [0.5, 0.6) is 0 Å². The molecule has 30 heavy (non-hydrogen) atoms.